The molecule has 1 amide bonds. The van der Waals surface area contributed by atoms with Gasteiger partial charge >= 0.3 is 0 Å². The zero-order chi connectivity index (χ0) is 15.5. The molecule has 2 aromatic rings. The van der Waals surface area contributed by atoms with E-state index in [1.54, 1.807) is 18.4 Å². The molecule has 0 aliphatic heterocycles. The summed E-state index contributed by atoms with van der Waals surface area (Å²) in [5.41, 5.74) is 0.414. The fraction of sp³-hybridized carbons (Fsp3) is 0. The van der Waals surface area contributed by atoms with E-state index in [1.165, 1.54) is 36.4 Å². The van der Waals surface area contributed by atoms with E-state index in [9.17, 15) is 18.0 Å². The minimum atomic E-state index is -3.94. The molecule has 7 heteroatoms. The Morgan fingerprint density at radius 1 is 1.00 bits per heavy atom. The molecule has 0 heterocycles. The summed E-state index contributed by atoms with van der Waals surface area (Å²) in [5.74, 6) is -0.768. The second-order valence-electron chi connectivity index (χ2n) is 4.07. The Morgan fingerprint density at radius 2 is 1.57 bits per heavy atom. The van der Waals surface area contributed by atoms with Crippen LogP contribution in [0.4, 0.5) is 0 Å². The van der Waals surface area contributed by atoms with Crippen LogP contribution >= 0.6 is 15.9 Å². The summed E-state index contributed by atoms with van der Waals surface area (Å²) < 4.78 is 26.8. The number of nitrogens with one attached hydrogen (secondary N) is 1. The van der Waals surface area contributed by atoms with Crippen molar-refractivity contribution in [2.75, 3.05) is 0 Å². The van der Waals surface area contributed by atoms with Crippen molar-refractivity contribution in [2.24, 2.45) is 0 Å². The van der Waals surface area contributed by atoms with Gasteiger partial charge in [0.25, 0.3) is 15.9 Å². The van der Waals surface area contributed by atoms with Crippen molar-refractivity contribution in [2.45, 2.75) is 4.90 Å². The minimum absolute atomic E-state index is 0.0168. The minimum Gasteiger partial charge on any atom is -0.285 e. The molecule has 0 aromatic heterocycles. The summed E-state index contributed by atoms with van der Waals surface area (Å²) >= 11 is 3.20. The molecule has 0 unspecified atom stereocenters. The highest BCUT2D eigenvalue weighted by molar-refractivity contribution is 9.10. The first-order valence-corrected chi connectivity index (χ1v) is 8.01. The molecule has 2 aromatic carbocycles. The highest BCUT2D eigenvalue weighted by atomic mass is 79.9. The molecule has 2 rings (SSSR count). The number of amides is 1. The van der Waals surface area contributed by atoms with Gasteiger partial charge in [0.15, 0.2) is 0 Å². The summed E-state index contributed by atoms with van der Waals surface area (Å²) in [6.45, 7) is 0. The quantitative estimate of drug-likeness (QED) is 0.897. The predicted molar refractivity (Wildman–Crippen MR) is 80.0 cm³/mol. The van der Waals surface area contributed by atoms with E-state index < -0.39 is 15.9 Å². The first kappa shape index (κ1) is 15.4. The summed E-state index contributed by atoms with van der Waals surface area (Å²) in [7, 11) is -3.94. The van der Waals surface area contributed by atoms with Gasteiger partial charge in [-0.3, -0.25) is 9.59 Å². The van der Waals surface area contributed by atoms with E-state index in [1.807, 2.05) is 4.72 Å². The maximum Gasteiger partial charge on any atom is 0.264 e. The number of hydrogen-bond donors (Lipinski definition) is 1. The van der Waals surface area contributed by atoms with Gasteiger partial charge in [-0.2, -0.15) is 0 Å². The lowest BCUT2D eigenvalue weighted by atomic mass is 10.1. The summed E-state index contributed by atoms with van der Waals surface area (Å²) in [5, 5.41) is 0. The second kappa shape index (κ2) is 6.19. The molecule has 5 nitrogen and oxygen atoms in total. The summed E-state index contributed by atoms with van der Waals surface area (Å²) in [6, 6.07) is 11.4. The number of carbonyl (C=O) groups excluding carboxylic acids is 2. The van der Waals surface area contributed by atoms with Gasteiger partial charge in [-0.1, -0.05) is 28.1 Å². The van der Waals surface area contributed by atoms with Gasteiger partial charge in [-0.05, 0) is 36.4 Å². The second-order valence-corrected chi connectivity index (χ2v) is 6.67. The van der Waals surface area contributed by atoms with Gasteiger partial charge in [-0.15, -0.1) is 0 Å². The molecule has 107 valence electrons. The van der Waals surface area contributed by atoms with Crippen LogP contribution in [-0.2, 0) is 14.8 Å². The Bertz CT molecular complexity index is 768. The molecule has 0 fully saturated rings. The van der Waals surface area contributed by atoms with E-state index in [-0.39, 0.29) is 16.0 Å². The van der Waals surface area contributed by atoms with Crippen LogP contribution < -0.4 is 4.72 Å². The highest BCUT2D eigenvalue weighted by Gasteiger charge is 2.18. The van der Waals surface area contributed by atoms with Crippen LogP contribution in [0, 0.1) is 0 Å². The molecule has 0 bridgehead atoms. The Kier molecular flexibility index (Phi) is 4.54. The van der Waals surface area contributed by atoms with Gasteiger partial charge in [0, 0.05) is 15.6 Å². The van der Waals surface area contributed by atoms with Crippen LogP contribution in [0.15, 0.2) is 57.9 Å². The van der Waals surface area contributed by atoms with E-state index >= 15 is 0 Å². The van der Waals surface area contributed by atoms with E-state index in [2.05, 4.69) is 15.9 Å². The Morgan fingerprint density at radius 3 is 2.10 bits per heavy atom. The molecule has 0 saturated carbocycles. The van der Waals surface area contributed by atoms with Crippen LogP contribution in [0.5, 0.6) is 0 Å². The van der Waals surface area contributed by atoms with Crippen LogP contribution in [0.1, 0.15) is 15.9 Å². The molecule has 1 N–H and O–H groups in total. The molecule has 0 aliphatic rings. The molecule has 0 saturated heterocycles. The van der Waals surface area contributed by atoms with E-state index in [0.717, 1.165) is 4.47 Å². The van der Waals surface area contributed by atoms with Crippen LogP contribution in [-0.4, -0.2) is 20.6 Å². The summed E-state index contributed by atoms with van der Waals surface area (Å²) in [4.78, 5) is 22.3. The van der Waals surface area contributed by atoms with Crippen LogP contribution in [0.3, 0.4) is 0 Å². The molecule has 1 radical (unpaired) electrons. The fourth-order valence-corrected chi connectivity index (χ4v) is 2.78. The zero-order valence-corrected chi connectivity index (χ0v) is 12.9. The van der Waals surface area contributed by atoms with Crippen molar-refractivity contribution < 1.29 is 18.0 Å². The van der Waals surface area contributed by atoms with Crippen molar-refractivity contribution in [1.29, 1.82) is 0 Å². The predicted octanol–water partition coefficient (Wildman–Crippen LogP) is 2.03. The smallest absolute Gasteiger partial charge is 0.264 e. The first-order chi connectivity index (χ1) is 9.92. The van der Waals surface area contributed by atoms with Gasteiger partial charge in [0.2, 0.25) is 6.29 Å². The zero-order valence-electron chi connectivity index (χ0n) is 10.5. The Balaban J connectivity index is 2.21. The third-order valence-corrected chi connectivity index (χ3v) is 4.49. The SMILES string of the molecule is O=[C]c1ccc(C(=O)NS(=O)(=O)c2ccc(Br)cc2)cc1. The average molecular weight is 367 g/mol. The van der Waals surface area contributed by atoms with E-state index in [0.29, 0.717) is 0 Å². The Labute approximate surface area is 130 Å². The number of benzene rings is 2. The lowest BCUT2D eigenvalue weighted by Gasteiger charge is -2.07. The lowest BCUT2D eigenvalue weighted by molar-refractivity contribution is 0.0981. The van der Waals surface area contributed by atoms with Crippen molar-refractivity contribution >= 4 is 38.1 Å². The van der Waals surface area contributed by atoms with Crippen molar-refractivity contribution in [3.63, 3.8) is 0 Å². The summed E-state index contributed by atoms with van der Waals surface area (Å²) in [6.07, 6.45) is 1.67. The number of halogens is 1. The largest absolute Gasteiger partial charge is 0.285 e. The topological polar surface area (TPSA) is 80.3 Å². The van der Waals surface area contributed by atoms with Crippen LogP contribution in [0.25, 0.3) is 0 Å². The molecule has 0 aliphatic carbocycles. The molecular weight excluding hydrogens is 358 g/mol. The third-order valence-electron chi connectivity index (χ3n) is 2.62. The number of carbonyl (C=O) groups is 1. The van der Waals surface area contributed by atoms with Crippen molar-refractivity contribution in [3.05, 3.63) is 64.1 Å². The number of sulfonamides is 1. The van der Waals surface area contributed by atoms with Crippen molar-refractivity contribution in [1.82, 2.24) is 4.72 Å². The molecule has 0 atom stereocenters. The number of hydrogen-bond acceptors (Lipinski definition) is 4. The monoisotopic (exact) mass is 366 g/mol. The average Bonchev–Trinajstić information content (AvgIpc) is 2.47. The van der Waals surface area contributed by atoms with Gasteiger partial charge in [0.1, 0.15) is 0 Å². The standard InChI is InChI=1S/C14H9BrNO4S/c15-12-5-7-13(8-6-12)21(19,20)16-14(18)11-3-1-10(9-17)2-4-11/h1-8H,(H,16,18). The molecular formula is C14H9BrNO4S. The van der Waals surface area contributed by atoms with Gasteiger partial charge in [0.05, 0.1) is 4.90 Å². The highest BCUT2D eigenvalue weighted by Crippen LogP contribution is 2.15. The first-order valence-electron chi connectivity index (χ1n) is 5.73. The van der Waals surface area contributed by atoms with Gasteiger partial charge in [-0.25, -0.2) is 13.1 Å². The Hall–Kier alpha value is -1.99. The third kappa shape index (κ3) is 3.77. The maximum atomic E-state index is 12.0. The van der Waals surface area contributed by atoms with Crippen LogP contribution in [0.2, 0.25) is 0 Å². The van der Waals surface area contributed by atoms with Crippen molar-refractivity contribution in [3.8, 4) is 0 Å². The lowest BCUT2D eigenvalue weighted by Crippen LogP contribution is -2.30. The van der Waals surface area contributed by atoms with Gasteiger partial charge < -0.3 is 0 Å². The fourth-order valence-electron chi connectivity index (χ4n) is 1.54. The maximum absolute atomic E-state index is 12.0. The normalized spacial score (nSPS) is 10.9. The van der Waals surface area contributed by atoms with E-state index in [4.69, 9.17) is 0 Å². The molecule has 21 heavy (non-hydrogen) atoms. The molecule has 0 spiro atoms. The number of rotatable bonds is 4.